The lowest BCUT2D eigenvalue weighted by Crippen LogP contribution is -2.44. The van der Waals surface area contributed by atoms with Crippen LogP contribution in [-0.2, 0) is 13.0 Å². The van der Waals surface area contributed by atoms with Crippen LogP contribution in [-0.4, -0.2) is 5.54 Å². The van der Waals surface area contributed by atoms with Crippen LogP contribution in [0.5, 0.6) is 0 Å². The highest BCUT2D eigenvalue weighted by Gasteiger charge is 2.23. The van der Waals surface area contributed by atoms with Crippen molar-refractivity contribution < 1.29 is 0 Å². The summed E-state index contributed by atoms with van der Waals surface area (Å²) in [5, 5.41) is 3.52. The van der Waals surface area contributed by atoms with Gasteiger partial charge in [-0.2, -0.15) is 0 Å². The van der Waals surface area contributed by atoms with Crippen LogP contribution in [0.4, 0.5) is 0 Å². The summed E-state index contributed by atoms with van der Waals surface area (Å²) in [6, 6.07) is 6.56. The van der Waals surface area contributed by atoms with Gasteiger partial charge in [0.25, 0.3) is 0 Å². The van der Waals surface area contributed by atoms with Crippen LogP contribution in [0.2, 0.25) is 0 Å². The molecule has 14 heavy (non-hydrogen) atoms. The van der Waals surface area contributed by atoms with Gasteiger partial charge in [0.05, 0.1) is 0 Å². The number of hydrogen-bond acceptors (Lipinski definition) is 1. The first-order valence-corrected chi connectivity index (χ1v) is 5.38. The Bertz CT molecular complexity index is 336. The SMILES string of the molecule is CC1(C)Cc2ccc(Br)cc2CN1.Cl. The lowest BCUT2D eigenvalue weighted by molar-refractivity contribution is 0.362. The number of halogens is 2. The van der Waals surface area contributed by atoms with Crippen molar-refractivity contribution in [1.29, 1.82) is 0 Å². The van der Waals surface area contributed by atoms with Crippen LogP contribution in [0.1, 0.15) is 25.0 Å². The van der Waals surface area contributed by atoms with Crippen LogP contribution >= 0.6 is 28.3 Å². The fourth-order valence-electron chi connectivity index (χ4n) is 1.80. The second-order valence-corrected chi connectivity index (χ2v) is 5.24. The molecule has 1 aliphatic heterocycles. The molecular weight excluding hydrogens is 261 g/mol. The number of nitrogens with one attached hydrogen (secondary N) is 1. The van der Waals surface area contributed by atoms with E-state index in [-0.39, 0.29) is 17.9 Å². The summed E-state index contributed by atoms with van der Waals surface area (Å²) in [6.45, 7) is 5.48. The number of hydrogen-bond donors (Lipinski definition) is 1. The molecule has 0 aliphatic carbocycles. The Hall–Kier alpha value is -0.0500. The van der Waals surface area contributed by atoms with Gasteiger partial charge in [-0.05, 0) is 43.5 Å². The summed E-state index contributed by atoms with van der Waals surface area (Å²) >= 11 is 3.49. The van der Waals surface area contributed by atoms with Gasteiger partial charge < -0.3 is 5.32 Å². The molecule has 2 rings (SSSR count). The van der Waals surface area contributed by atoms with E-state index in [0.717, 1.165) is 13.0 Å². The summed E-state index contributed by atoms with van der Waals surface area (Å²) in [6.07, 6.45) is 1.12. The molecule has 0 amide bonds. The van der Waals surface area contributed by atoms with Gasteiger partial charge in [-0.1, -0.05) is 22.0 Å². The van der Waals surface area contributed by atoms with Crippen molar-refractivity contribution in [3.05, 3.63) is 33.8 Å². The van der Waals surface area contributed by atoms with E-state index in [1.54, 1.807) is 0 Å². The predicted octanol–water partition coefficient (Wildman–Crippen LogP) is 3.30. The molecule has 3 heteroatoms. The van der Waals surface area contributed by atoms with Gasteiger partial charge in [-0.3, -0.25) is 0 Å². The van der Waals surface area contributed by atoms with Gasteiger partial charge in [0.2, 0.25) is 0 Å². The third kappa shape index (κ3) is 2.50. The first-order valence-electron chi connectivity index (χ1n) is 4.59. The number of fused-ring (bicyclic) bond motifs is 1. The predicted molar refractivity (Wildman–Crippen MR) is 66.0 cm³/mol. The minimum Gasteiger partial charge on any atom is -0.307 e. The molecule has 0 saturated carbocycles. The quantitative estimate of drug-likeness (QED) is 0.767. The lowest BCUT2D eigenvalue weighted by atomic mass is 9.88. The summed E-state index contributed by atoms with van der Waals surface area (Å²) in [4.78, 5) is 0. The summed E-state index contributed by atoms with van der Waals surface area (Å²) in [5.74, 6) is 0. The van der Waals surface area contributed by atoms with E-state index in [9.17, 15) is 0 Å². The summed E-state index contributed by atoms with van der Waals surface area (Å²) in [5.41, 5.74) is 3.15. The average molecular weight is 277 g/mol. The van der Waals surface area contributed by atoms with Crippen molar-refractivity contribution in [1.82, 2.24) is 5.32 Å². The summed E-state index contributed by atoms with van der Waals surface area (Å²) < 4.78 is 1.17. The molecule has 1 aliphatic rings. The van der Waals surface area contributed by atoms with E-state index in [4.69, 9.17) is 0 Å². The molecule has 0 spiro atoms. The molecule has 1 nitrogen and oxygen atoms in total. The van der Waals surface area contributed by atoms with E-state index >= 15 is 0 Å². The van der Waals surface area contributed by atoms with Crippen molar-refractivity contribution in [2.24, 2.45) is 0 Å². The van der Waals surface area contributed by atoms with Crippen LogP contribution in [0.25, 0.3) is 0 Å². The Kier molecular flexibility index (Phi) is 3.62. The van der Waals surface area contributed by atoms with Gasteiger partial charge in [0.15, 0.2) is 0 Å². The lowest BCUT2D eigenvalue weighted by Gasteiger charge is -2.32. The van der Waals surface area contributed by atoms with Gasteiger partial charge in [-0.15, -0.1) is 12.4 Å². The minimum absolute atomic E-state index is 0. The zero-order valence-corrected chi connectivity index (χ0v) is 10.8. The molecular formula is C11H15BrClN. The fraction of sp³-hybridized carbons (Fsp3) is 0.455. The standard InChI is InChI=1S/C11H14BrN.ClH/c1-11(2)6-8-3-4-10(12)5-9(8)7-13-11;/h3-5,13H,6-7H2,1-2H3;1H. The topological polar surface area (TPSA) is 12.0 Å². The van der Waals surface area contributed by atoms with Crippen molar-refractivity contribution in [3.63, 3.8) is 0 Å². The van der Waals surface area contributed by atoms with E-state index < -0.39 is 0 Å². The number of benzene rings is 1. The second-order valence-electron chi connectivity index (χ2n) is 4.33. The first kappa shape index (κ1) is 12.0. The molecule has 0 bridgehead atoms. The smallest absolute Gasteiger partial charge is 0.0213 e. The molecule has 78 valence electrons. The maximum absolute atomic E-state index is 3.52. The molecule has 0 unspecified atom stereocenters. The largest absolute Gasteiger partial charge is 0.307 e. The molecule has 0 atom stereocenters. The first-order chi connectivity index (χ1) is 6.07. The Labute approximate surface area is 99.8 Å². The van der Waals surface area contributed by atoms with Crippen molar-refractivity contribution in [2.75, 3.05) is 0 Å². The number of rotatable bonds is 0. The maximum atomic E-state index is 3.52. The van der Waals surface area contributed by atoms with Crippen LogP contribution in [0.3, 0.4) is 0 Å². The van der Waals surface area contributed by atoms with Crippen molar-refractivity contribution in [2.45, 2.75) is 32.4 Å². The Morgan fingerprint density at radius 1 is 1.29 bits per heavy atom. The highest BCUT2D eigenvalue weighted by Crippen LogP contribution is 2.25. The molecule has 1 aromatic rings. The van der Waals surface area contributed by atoms with Gasteiger partial charge in [0, 0.05) is 16.6 Å². The van der Waals surface area contributed by atoms with Crippen molar-refractivity contribution in [3.8, 4) is 0 Å². The highest BCUT2D eigenvalue weighted by atomic mass is 79.9. The van der Waals surface area contributed by atoms with E-state index in [2.05, 4.69) is 53.3 Å². The molecule has 0 radical (unpaired) electrons. The second kappa shape index (κ2) is 4.21. The van der Waals surface area contributed by atoms with Gasteiger partial charge >= 0.3 is 0 Å². The normalized spacial score (nSPS) is 18.2. The van der Waals surface area contributed by atoms with Crippen molar-refractivity contribution >= 4 is 28.3 Å². The van der Waals surface area contributed by atoms with Gasteiger partial charge in [0.1, 0.15) is 0 Å². The third-order valence-corrected chi connectivity index (χ3v) is 3.05. The minimum atomic E-state index is 0. The molecule has 1 N–H and O–H groups in total. The molecule has 0 aromatic heterocycles. The molecule has 1 heterocycles. The fourth-order valence-corrected chi connectivity index (χ4v) is 2.21. The van der Waals surface area contributed by atoms with Gasteiger partial charge in [-0.25, -0.2) is 0 Å². The monoisotopic (exact) mass is 275 g/mol. The Morgan fingerprint density at radius 2 is 2.00 bits per heavy atom. The maximum Gasteiger partial charge on any atom is 0.0213 e. The van der Waals surface area contributed by atoms with Crippen LogP contribution < -0.4 is 5.32 Å². The average Bonchev–Trinajstić information content (AvgIpc) is 2.05. The molecule has 0 fully saturated rings. The molecule has 1 aromatic carbocycles. The molecule has 0 saturated heterocycles. The van der Waals surface area contributed by atoms with E-state index in [1.807, 2.05) is 0 Å². The van der Waals surface area contributed by atoms with E-state index in [0.29, 0.717) is 0 Å². The summed E-state index contributed by atoms with van der Waals surface area (Å²) in [7, 11) is 0. The van der Waals surface area contributed by atoms with Crippen LogP contribution in [0, 0.1) is 0 Å². The zero-order chi connectivity index (χ0) is 9.47. The Morgan fingerprint density at radius 3 is 2.71 bits per heavy atom. The Balaban J connectivity index is 0.000000980. The highest BCUT2D eigenvalue weighted by molar-refractivity contribution is 9.10. The third-order valence-electron chi connectivity index (χ3n) is 2.56. The zero-order valence-electron chi connectivity index (χ0n) is 8.43. The van der Waals surface area contributed by atoms with E-state index in [1.165, 1.54) is 15.6 Å². The van der Waals surface area contributed by atoms with Crippen LogP contribution in [0.15, 0.2) is 22.7 Å².